The molecule has 0 radical (unpaired) electrons. The van der Waals surface area contributed by atoms with Crippen molar-refractivity contribution in [3.05, 3.63) is 23.3 Å². The summed E-state index contributed by atoms with van der Waals surface area (Å²) in [5.74, 6) is -1.09. The molecule has 0 atom stereocenters. The molecule has 2 rings (SSSR count). The van der Waals surface area contributed by atoms with Crippen LogP contribution in [0.15, 0.2) is 18.3 Å². The Morgan fingerprint density at radius 1 is 1.36 bits per heavy atom. The fraction of sp³-hybridized carbons (Fsp3) is 0. The van der Waals surface area contributed by atoms with Gasteiger partial charge in [0.2, 0.25) is 5.01 Å². The summed E-state index contributed by atoms with van der Waals surface area (Å²) in [6.07, 6.45) is 1.53. The Bertz CT molecular complexity index is 456. The lowest BCUT2D eigenvalue weighted by Crippen LogP contribution is -1.93. The van der Waals surface area contributed by atoms with Gasteiger partial charge in [-0.3, -0.25) is 0 Å². The van der Waals surface area contributed by atoms with E-state index in [0.717, 1.165) is 11.3 Å². The van der Waals surface area contributed by atoms with Gasteiger partial charge in [0.1, 0.15) is 5.69 Å². The molecule has 6 nitrogen and oxygen atoms in total. The lowest BCUT2D eigenvalue weighted by atomic mass is 10.4. The van der Waals surface area contributed by atoms with Crippen molar-refractivity contribution in [1.29, 1.82) is 0 Å². The second-order valence-electron chi connectivity index (χ2n) is 2.33. The third-order valence-electron chi connectivity index (χ3n) is 1.40. The van der Waals surface area contributed by atoms with Crippen LogP contribution in [0, 0.1) is 0 Å². The first kappa shape index (κ1) is 8.70. The van der Waals surface area contributed by atoms with Crippen LogP contribution in [0.4, 0.5) is 0 Å². The molecule has 0 aromatic carbocycles. The summed E-state index contributed by atoms with van der Waals surface area (Å²) in [4.78, 5) is 10.5. The second-order valence-corrected chi connectivity index (χ2v) is 3.30. The van der Waals surface area contributed by atoms with Gasteiger partial charge in [0.15, 0.2) is 5.01 Å². The zero-order valence-electron chi connectivity index (χ0n) is 6.78. The zero-order chi connectivity index (χ0) is 9.97. The Morgan fingerprint density at radius 3 is 2.79 bits per heavy atom. The molecule has 0 saturated carbocycles. The predicted molar refractivity (Wildman–Crippen MR) is 47.9 cm³/mol. The number of carboxylic acid groups (broad SMARTS) is 1. The van der Waals surface area contributed by atoms with Gasteiger partial charge < -0.3 is 5.11 Å². The molecule has 0 spiro atoms. The minimum absolute atomic E-state index is 0.0503. The molecule has 0 bridgehead atoms. The SMILES string of the molecule is O=C(O)c1nnc(-c2cccnn2)s1. The van der Waals surface area contributed by atoms with Crippen molar-refractivity contribution in [1.82, 2.24) is 20.4 Å². The van der Waals surface area contributed by atoms with Gasteiger partial charge in [-0.25, -0.2) is 4.79 Å². The molecule has 0 aliphatic carbocycles. The third kappa shape index (κ3) is 1.57. The maximum atomic E-state index is 10.5. The van der Waals surface area contributed by atoms with E-state index in [2.05, 4.69) is 20.4 Å². The van der Waals surface area contributed by atoms with Crippen molar-refractivity contribution in [3.8, 4) is 10.7 Å². The summed E-state index contributed by atoms with van der Waals surface area (Å²) in [5, 5.41) is 23.7. The largest absolute Gasteiger partial charge is 0.476 e. The van der Waals surface area contributed by atoms with Gasteiger partial charge >= 0.3 is 5.97 Å². The van der Waals surface area contributed by atoms with Crippen molar-refractivity contribution < 1.29 is 9.90 Å². The quantitative estimate of drug-likeness (QED) is 0.781. The third-order valence-corrected chi connectivity index (χ3v) is 2.33. The molecule has 2 aromatic rings. The molecular formula is C7H4N4O2S. The highest BCUT2D eigenvalue weighted by Gasteiger charge is 2.12. The first-order chi connectivity index (χ1) is 6.77. The Morgan fingerprint density at radius 2 is 2.21 bits per heavy atom. The van der Waals surface area contributed by atoms with Crippen LogP contribution in [0.3, 0.4) is 0 Å². The Hall–Kier alpha value is -1.89. The number of rotatable bonds is 2. The van der Waals surface area contributed by atoms with Gasteiger partial charge in [0, 0.05) is 6.20 Å². The topological polar surface area (TPSA) is 88.9 Å². The second kappa shape index (κ2) is 3.46. The minimum atomic E-state index is -1.09. The van der Waals surface area contributed by atoms with E-state index in [1.54, 1.807) is 12.1 Å². The lowest BCUT2D eigenvalue weighted by Gasteiger charge is -1.88. The minimum Gasteiger partial charge on any atom is -0.476 e. The fourth-order valence-corrected chi connectivity index (χ4v) is 1.48. The van der Waals surface area contributed by atoms with Crippen LogP contribution in [-0.4, -0.2) is 31.5 Å². The van der Waals surface area contributed by atoms with E-state index < -0.39 is 5.97 Å². The van der Waals surface area contributed by atoms with Crippen LogP contribution in [0.5, 0.6) is 0 Å². The van der Waals surface area contributed by atoms with E-state index in [1.807, 2.05) is 0 Å². The number of aromatic carboxylic acids is 1. The average molecular weight is 208 g/mol. The maximum absolute atomic E-state index is 10.5. The molecule has 14 heavy (non-hydrogen) atoms. The van der Waals surface area contributed by atoms with Crippen molar-refractivity contribution in [2.24, 2.45) is 0 Å². The van der Waals surface area contributed by atoms with E-state index in [0.29, 0.717) is 10.7 Å². The molecule has 0 unspecified atom stereocenters. The summed E-state index contributed by atoms with van der Waals surface area (Å²) >= 11 is 0.970. The van der Waals surface area contributed by atoms with Crippen LogP contribution in [0.2, 0.25) is 0 Å². The molecule has 0 fully saturated rings. The molecule has 2 heterocycles. The molecular weight excluding hydrogens is 204 g/mol. The summed E-state index contributed by atoms with van der Waals surface area (Å²) in [6, 6.07) is 3.39. The first-order valence-corrected chi connectivity index (χ1v) is 4.44. The molecule has 0 saturated heterocycles. The van der Waals surface area contributed by atoms with Gasteiger partial charge in [-0.15, -0.1) is 15.3 Å². The molecule has 1 N–H and O–H groups in total. The van der Waals surface area contributed by atoms with Gasteiger partial charge in [0.25, 0.3) is 0 Å². The predicted octanol–water partition coefficient (Wildman–Crippen LogP) is 0.693. The Balaban J connectivity index is 2.39. The number of hydrogen-bond acceptors (Lipinski definition) is 6. The monoisotopic (exact) mass is 208 g/mol. The first-order valence-electron chi connectivity index (χ1n) is 3.62. The van der Waals surface area contributed by atoms with Crippen molar-refractivity contribution >= 4 is 17.3 Å². The van der Waals surface area contributed by atoms with Crippen LogP contribution >= 0.6 is 11.3 Å². The van der Waals surface area contributed by atoms with E-state index in [4.69, 9.17) is 5.11 Å². The summed E-state index contributed by atoms with van der Waals surface area (Å²) in [7, 11) is 0. The number of hydrogen-bond donors (Lipinski definition) is 1. The standard InChI is InChI=1S/C7H4N4O2S/c12-7(13)6-11-10-5(14-6)4-2-1-3-8-9-4/h1-3H,(H,12,13). The highest BCUT2D eigenvalue weighted by molar-refractivity contribution is 7.16. The van der Waals surface area contributed by atoms with Gasteiger partial charge in [0.05, 0.1) is 0 Å². The average Bonchev–Trinajstić information content (AvgIpc) is 2.68. The summed E-state index contributed by atoms with van der Waals surface area (Å²) in [5.41, 5.74) is 0.525. The number of carbonyl (C=O) groups is 1. The number of nitrogens with zero attached hydrogens (tertiary/aromatic N) is 4. The molecule has 7 heteroatoms. The van der Waals surface area contributed by atoms with Crippen molar-refractivity contribution in [2.45, 2.75) is 0 Å². The maximum Gasteiger partial charge on any atom is 0.367 e. The van der Waals surface area contributed by atoms with Gasteiger partial charge in [-0.1, -0.05) is 11.3 Å². The smallest absolute Gasteiger partial charge is 0.367 e. The fourth-order valence-electron chi connectivity index (χ4n) is 0.829. The Kier molecular flexibility index (Phi) is 2.15. The van der Waals surface area contributed by atoms with Crippen molar-refractivity contribution in [3.63, 3.8) is 0 Å². The number of carboxylic acids is 1. The molecule has 2 aromatic heterocycles. The molecule has 0 aliphatic rings. The van der Waals surface area contributed by atoms with Crippen LogP contribution in [0.25, 0.3) is 10.7 Å². The summed E-state index contributed by atoms with van der Waals surface area (Å²) < 4.78 is 0. The van der Waals surface area contributed by atoms with E-state index in [9.17, 15) is 4.79 Å². The van der Waals surface area contributed by atoms with Gasteiger partial charge in [-0.05, 0) is 12.1 Å². The molecule has 0 aliphatic heterocycles. The van der Waals surface area contributed by atoms with E-state index in [-0.39, 0.29) is 5.01 Å². The van der Waals surface area contributed by atoms with Crippen molar-refractivity contribution in [2.75, 3.05) is 0 Å². The number of aromatic nitrogens is 4. The van der Waals surface area contributed by atoms with Crippen LogP contribution < -0.4 is 0 Å². The highest BCUT2D eigenvalue weighted by atomic mass is 32.1. The van der Waals surface area contributed by atoms with Crippen LogP contribution in [0.1, 0.15) is 9.80 Å². The zero-order valence-corrected chi connectivity index (χ0v) is 7.60. The van der Waals surface area contributed by atoms with E-state index in [1.165, 1.54) is 6.20 Å². The van der Waals surface area contributed by atoms with E-state index >= 15 is 0 Å². The van der Waals surface area contributed by atoms with Crippen LogP contribution in [-0.2, 0) is 0 Å². The Labute approximate surface area is 82.3 Å². The lowest BCUT2D eigenvalue weighted by molar-refractivity contribution is 0.0695. The summed E-state index contributed by atoms with van der Waals surface area (Å²) in [6.45, 7) is 0. The molecule has 0 amide bonds. The molecule has 70 valence electrons. The highest BCUT2D eigenvalue weighted by Crippen LogP contribution is 2.20. The van der Waals surface area contributed by atoms with Gasteiger partial charge in [-0.2, -0.15) is 5.10 Å². The normalized spacial score (nSPS) is 10.0.